The maximum Gasteiger partial charge on any atom is 0.247 e. The second-order valence-electron chi connectivity index (χ2n) is 7.07. The lowest BCUT2D eigenvalue weighted by Crippen LogP contribution is -2.38. The number of methoxy groups -OCH3 is 1. The van der Waals surface area contributed by atoms with Crippen molar-refractivity contribution in [1.29, 1.82) is 0 Å². The number of aryl methyl sites for hydroxylation is 1. The molecule has 0 aliphatic rings. The highest BCUT2D eigenvalue weighted by Gasteiger charge is 2.28. The van der Waals surface area contributed by atoms with E-state index in [2.05, 4.69) is 5.32 Å². The number of carbonyl (C=O) groups excluding carboxylic acids is 1. The van der Waals surface area contributed by atoms with Crippen molar-refractivity contribution in [2.75, 3.05) is 25.5 Å². The van der Waals surface area contributed by atoms with Crippen LogP contribution in [-0.2, 0) is 14.8 Å². The van der Waals surface area contributed by atoms with Crippen LogP contribution in [0.4, 0.5) is 5.69 Å². The predicted molar refractivity (Wildman–Crippen MR) is 124 cm³/mol. The van der Waals surface area contributed by atoms with Crippen molar-refractivity contribution in [2.24, 2.45) is 0 Å². The molecule has 0 aliphatic carbocycles. The molecular weight excluding hydrogens is 428 g/mol. The number of nitrogens with one attached hydrogen (secondary N) is 1. The Hall–Kier alpha value is -3.36. The molecule has 0 spiro atoms. The minimum atomic E-state index is -3.92. The summed E-state index contributed by atoms with van der Waals surface area (Å²) in [5.41, 5.74) is 1.32. The molecule has 168 valence electrons. The van der Waals surface area contributed by atoms with Crippen molar-refractivity contribution in [3.05, 3.63) is 78.4 Å². The average Bonchev–Trinajstić information content (AvgIpc) is 2.79. The molecule has 3 aromatic rings. The molecule has 0 aliphatic heterocycles. The fourth-order valence-electron chi connectivity index (χ4n) is 3.08. The second-order valence-corrected chi connectivity index (χ2v) is 8.98. The van der Waals surface area contributed by atoms with Crippen molar-refractivity contribution in [2.45, 2.75) is 18.7 Å². The molecule has 7 nitrogen and oxygen atoms in total. The van der Waals surface area contributed by atoms with Gasteiger partial charge in [0.05, 0.1) is 13.7 Å². The van der Waals surface area contributed by atoms with Gasteiger partial charge in [-0.3, -0.25) is 4.79 Å². The van der Waals surface area contributed by atoms with Gasteiger partial charge in [-0.2, -0.15) is 4.31 Å². The average molecular weight is 455 g/mol. The third kappa shape index (κ3) is 5.66. The van der Waals surface area contributed by atoms with Crippen LogP contribution >= 0.6 is 0 Å². The lowest BCUT2D eigenvalue weighted by Gasteiger charge is -2.21. The number of para-hydroxylation sites is 1. The van der Waals surface area contributed by atoms with E-state index in [9.17, 15) is 13.2 Å². The summed E-state index contributed by atoms with van der Waals surface area (Å²) in [6.07, 6.45) is 0. The molecule has 8 heteroatoms. The van der Waals surface area contributed by atoms with E-state index in [-0.39, 0.29) is 23.7 Å². The highest BCUT2D eigenvalue weighted by atomic mass is 32.2. The van der Waals surface area contributed by atoms with E-state index in [1.54, 1.807) is 56.3 Å². The van der Waals surface area contributed by atoms with E-state index < -0.39 is 15.9 Å². The number of anilines is 1. The Morgan fingerprint density at radius 2 is 1.62 bits per heavy atom. The Labute approximate surface area is 188 Å². The summed E-state index contributed by atoms with van der Waals surface area (Å²) in [4.78, 5) is 12.6. The molecule has 0 fully saturated rings. The molecule has 1 amide bonds. The number of carbonyl (C=O) groups is 1. The number of ether oxygens (including phenoxy) is 2. The van der Waals surface area contributed by atoms with E-state index >= 15 is 0 Å². The molecule has 0 radical (unpaired) electrons. The van der Waals surface area contributed by atoms with Crippen molar-refractivity contribution >= 4 is 21.6 Å². The molecule has 0 unspecified atom stereocenters. The lowest BCUT2D eigenvalue weighted by molar-refractivity contribution is -0.116. The summed E-state index contributed by atoms with van der Waals surface area (Å²) in [6, 6.07) is 21.1. The van der Waals surface area contributed by atoms with E-state index in [0.717, 1.165) is 9.87 Å². The normalized spacial score (nSPS) is 11.2. The molecule has 0 atom stereocenters. The van der Waals surface area contributed by atoms with Crippen LogP contribution in [0.15, 0.2) is 77.7 Å². The summed E-state index contributed by atoms with van der Waals surface area (Å²) < 4.78 is 38.4. The van der Waals surface area contributed by atoms with Crippen LogP contribution in [-0.4, -0.2) is 38.8 Å². The Morgan fingerprint density at radius 3 is 2.25 bits per heavy atom. The number of hydrogen-bond acceptors (Lipinski definition) is 5. The van der Waals surface area contributed by atoms with Crippen molar-refractivity contribution in [3.63, 3.8) is 0 Å². The molecule has 0 bridgehead atoms. The minimum absolute atomic E-state index is 0.0389. The van der Waals surface area contributed by atoms with Gasteiger partial charge in [-0.1, -0.05) is 31.2 Å². The number of likely N-dealkylation sites (N-methyl/N-ethyl adjacent to an activating group) is 1. The van der Waals surface area contributed by atoms with Crippen LogP contribution < -0.4 is 14.8 Å². The van der Waals surface area contributed by atoms with Crippen LogP contribution in [0.25, 0.3) is 0 Å². The first kappa shape index (κ1) is 23.3. The van der Waals surface area contributed by atoms with Gasteiger partial charge >= 0.3 is 0 Å². The van der Waals surface area contributed by atoms with E-state index in [0.29, 0.717) is 17.2 Å². The van der Waals surface area contributed by atoms with Gasteiger partial charge in [0.25, 0.3) is 0 Å². The van der Waals surface area contributed by atoms with Gasteiger partial charge in [0, 0.05) is 12.2 Å². The molecule has 3 aromatic carbocycles. The number of sulfonamides is 1. The minimum Gasteiger partial charge on any atom is -0.495 e. The molecule has 0 saturated carbocycles. The maximum absolute atomic E-state index is 13.2. The fraction of sp³-hybridized carbons (Fsp3) is 0.208. The highest BCUT2D eigenvalue weighted by molar-refractivity contribution is 7.89. The third-order valence-electron chi connectivity index (χ3n) is 4.73. The number of nitrogens with zero attached hydrogens (tertiary/aromatic N) is 1. The van der Waals surface area contributed by atoms with E-state index in [1.807, 2.05) is 30.3 Å². The first-order valence-electron chi connectivity index (χ1n) is 10.1. The van der Waals surface area contributed by atoms with Crippen LogP contribution in [0, 0.1) is 6.92 Å². The van der Waals surface area contributed by atoms with Gasteiger partial charge in [-0.05, 0) is 61.0 Å². The summed E-state index contributed by atoms with van der Waals surface area (Å²) >= 11 is 0. The molecule has 0 aromatic heterocycles. The smallest absolute Gasteiger partial charge is 0.247 e. The largest absolute Gasteiger partial charge is 0.495 e. The standard InChI is InChI=1S/C24H26N2O5S/c1-4-26(32(28,29)23-16-18(2)10-15-22(23)30-3)17-24(27)25-19-11-13-21(14-12-19)31-20-8-6-5-7-9-20/h5-16H,4,17H2,1-3H3,(H,25,27). The predicted octanol–water partition coefficient (Wildman–Crippen LogP) is 4.45. The molecule has 0 saturated heterocycles. The van der Waals surface area contributed by atoms with Gasteiger partial charge in [0.15, 0.2) is 0 Å². The van der Waals surface area contributed by atoms with Gasteiger partial charge < -0.3 is 14.8 Å². The SMILES string of the molecule is CCN(CC(=O)Nc1ccc(Oc2ccccc2)cc1)S(=O)(=O)c1cc(C)ccc1OC. The molecular formula is C24H26N2O5S. The summed E-state index contributed by atoms with van der Waals surface area (Å²) in [6.45, 7) is 3.30. The zero-order chi connectivity index (χ0) is 23.1. The molecule has 3 rings (SSSR count). The molecule has 0 heterocycles. The zero-order valence-electron chi connectivity index (χ0n) is 18.2. The summed E-state index contributed by atoms with van der Waals surface area (Å²) in [5, 5.41) is 2.73. The summed E-state index contributed by atoms with van der Waals surface area (Å²) in [7, 11) is -2.50. The van der Waals surface area contributed by atoms with E-state index in [1.165, 1.54) is 7.11 Å². The van der Waals surface area contributed by atoms with Crippen LogP contribution in [0.1, 0.15) is 12.5 Å². The topological polar surface area (TPSA) is 84.9 Å². The lowest BCUT2D eigenvalue weighted by atomic mass is 10.2. The Morgan fingerprint density at radius 1 is 0.969 bits per heavy atom. The Bertz CT molecular complexity index is 1160. The third-order valence-corrected chi connectivity index (χ3v) is 6.67. The van der Waals surface area contributed by atoms with Crippen LogP contribution in [0.5, 0.6) is 17.2 Å². The zero-order valence-corrected chi connectivity index (χ0v) is 19.1. The van der Waals surface area contributed by atoms with Gasteiger partial charge in [0.2, 0.25) is 15.9 Å². The number of benzene rings is 3. The molecule has 32 heavy (non-hydrogen) atoms. The monoisotopic (exact) mass is 454 g/mol. The van der Waals surface area contributed by atoms with Gasteiger partial charge in [0.1, 0.15) is 22.1 Å². The van der Waals surface area contributed by atoms with Gasteiger partial charge in [-0.15, -0.1) is 0 Å². The number of amides is 1. The maximum atomic E-state index is 13.2. The van der Waals surface area contributed by atoms with Crippen molar-refractivity contribution in [1.82, 2.24) is 4.31 Å². The second kappa shape index (κ2) is 10.3. The number of rotatable bonds is 9. The quantitative estimate of drug-likeness (QED) is 0.517. The number of hydrogen-bond donors (Lipinski definition) is 1. The Balaban J connectivity index is 1.68. The van der Waals surface area contributed by atoms with Crippen LogP contribution in [0.2, 0.25) is 0 Å². The Kier molecular flexibility index (Phi) is 7.50. The fourth-order valence-corrected chi connectivity index (χ4v) is 4.73. The van der Waals surface area contributed by atoms with Gasteiger partial charge in [-0.25, -0.2) is 8.42 Å². The highest BCUT2D eigenvalue weighted by Crippen LogP contribution is 2.28. The van der Waals surface area contributed by atoms with Crippen LogP contribution in [0.3, 0.4) is 0 Å². The summed E-state index contributed by atoms with van der Waals surface area (Å²) in [5.74, 6) is 1.13. The first-order valence-corrected chi connectivity index (χ1v) is 11.5. The first-order chi connectivity index (χ1) is 15.3. The van der Waals surface area contributed by atoms with Crippen molar-refractivity contribution < 1.29 is 22.7 Å². The van der Waals surface area contributed by atoms with E-state index in [4.69, 9.17) is 9.47 Å². The molecule has 1 N–H and O–H groups in total. The van der Waals surface area contributed by atoms with Crippen molar-refractivity contribution in [3.8, 4) is 17.2 Å².